The van der Waals surface area contributed by atoms with Crippen molar-refractivity contribution in [2.45, 2.75) is 64.5 Å². The molecule has 0 unspecified atom stereocenters. The molecule has 0 aromatic carbocycles. The van der Waals surface area contributed by atoms with E-state index in [0.29, 0.717) is 49.0 Å². The maximum atomic E-state index is 13.2. The fraction of sp³-hybridized carbons (Fsp3) is 0.652. The van der Waals surface area contributed by atoms with Gasteiger partial charge in [-0.1, -0.05) is 6.92 Å². The summed E-state index contributed by atoms with van der Waals surface area (Å²) < 4.78 is 26.3. The van der Waals surface area contributed by atoms with Gasteiger partial charge in [-0.2, -0.15) is 0 Å². The van der Waals surface area contributed by atoms with Crippen LogP contribution >= 0.6 is 0 Å². The lowest BCUT2D eigenvalue weighted by Crippen LogP contribution is -2.52. The third-order valence-electron chi connectivity index (χ3n) is 7.32. The van der Waals surface area contributed by atoms with Crippen LogP contribution in [0.4, 0.5) is 5.69 Å². The molecule has 0 atom stereocenters. The molecule has 0 saturated heterocycles. The molecule has 2 aromatic heterocycles. The van der Waals surface area contributed by atoms with E-state index < -0.39 is 10.0 Å². The number of carbonyl (C=O) groups excluding carboxylic acids is 1. The van der Waals surface area contributed by atoms with Crippen molar-refractivity contribution in [3.05, 3.63) is 24.0 Å². The third kappa shape index (κ3) is 3.73. The SMILES string of the molecule is CCN(C[C@H]1CC[C@H](N2CN(C3CC3)C(=O)c3cnc4[nH]c#cc4c32)CC1)S(=O)(=O)CC. The Morgan fingerprint density at radius 3 is 2.47 bits per heavy atom. The quantitative estimate of drug-likeness (QED) is 0.691. The van der Waals surface area contributed by atoms with Crippen LogP contribution < -0.4 is 4.90 Å². The van der Waals surface area contributed by atoms with Crippen molar-refractivity contribution in [3.8, 4) is 0 Å². The second-order valence-corrected chi connectivity index (χ2v) is 11.5. The summed E-state index contributed by atoms with van der Waals surface area (Å²) in [4.78, 5) is 25.0. The minimum absolute atomic E-state index is 0.0693. The molecule has 0 spiro atoms. The van der Waals surface area contributed by atoms with Crippen LogP contribution in [-0.2, 0) is 10.0 Å². The Kier molecular flexibility index (Phi) is 5.54. The third-order valence-corrected chi connectivity index (χ3v) is 9.24. The first-order chi connectivity index (χ1) is 15.4. The average molecular weight is 458 g/mol. The first-order valence-electron chi connectivity index (χ1n) is 11.8. The zero-order valence-corrected chi connectivity index (χ0v) is 19.6. The molecule has 0 bridgehead atoms. The summed E-state index contributed by atoms with van der Waals surface area (Å²) in [5.74, 6) is 0.599. The van der Waals surface area contributed by atoms with Crippen molar-refractivity contribution < 1.29 is 13.2 Å². The van der Waals surface area contributed by atoms with Crippen molar-refractivity contribution >= 4 is 32.7 Å². The zero-order chi connectivity index (χ0) is 22.5. The standard InChI is InChI=1S/C23H31N5O3S/c1-3-26(32(30,31)4-2)14-16-5-7-17(8-6-16)27-15-28(18-9-10-18)23(29)20-13-25-22-19(21(20)27)11-12-24-22/h13,16-18H,3-10,14-15H2,1-2H3,(H,24,25)/t16-,17-. The van der Waals surface area contributed by atoms with E-state index in [-0.39, 0.29) is 11.7 Å². The van der Waals surface area contributed by atoms with Crippen LogP contribution in [0.1, 0.15) is 62.7 Å². The first-order valence-corrected chi connectivity index (χ1v) is 13.4. The van der Waals surface area contributed by atoms with Gasteiger partial charge in [0.05, 0.1) is 29.1 Å². The first kappa shape index (κ1) is 21.5. The van der Waals surface area contributed by atoms with Gasteiger partial charge in [0.15, 0.2) is 5.65 Å². The number of aromatic nitrogens is 2. The molecule has 0 radical (unpaired) electrons. The number of carbonyl (C=O) groups is 1. The Labute approximate surface area is 190 Å². The van der Waals surface area contributed by atoms with E-state index in [4.69, 9.17) is 0 Å². The molecule has 2 saturated carbocycles. The Morgan fingerprint density at radius 2 is 1.81 bits per heavy atom. The summed E-state index contributed by atoms with van der Waals surface area (Å²) in [6.07, 6.45) is 10.7. The fourth-order valence-corrected chi connectivity index (χ4v) is 6.49. The van der Waals surface area contributed by atoms with Gasteiger partial charge in [0.25, 0.3) is 5.91 Å². The zero-order valence-electron chi connectivity index (χ0n) is 18.8. The van der Waals surface area contributed by atoms with Crippen LogP contribution in [0.25, 0.3) is 11.0 Å². The number of nitrogens with one attached hydrogen (secondary N) is 1. The summed E-state index contributed by atoms with van der Waals surface area (Å²) in [6, 6.07) is 3.78. The maximum absolute atomic E-state index is 13.2. The van der Waals surface area contributed by atoms with Gasteiger partial charge in [-0.3, -0.25) is 9.78 Å². The van der Waals surface area contributed by atoms with E-state index in [2.05, 4.69) is 27.1 Å². The lowest BCUT2D eigenvalue weighted by molar-refractivity contribution is 0.0718. The van der Waals surface area contributed by atoms with E-state index in [9.17, 15) is 13.2 Å². The number of sulfonamides is 1. The van der Waals surface area contributed by atoms with Crippen molar-refractivity contribution in [2.75, 3.05) is 30.4 Å². The lowest BCUT2D eigenvalue weighted by atomic mass is 9.84. The number of hydrogen-bond donors (Lipinski definition) is 1. The van der Waals surface area contributed by atoms with Crippen molar-refractivity contribution in [1.82, 2.24) is 19.2 Å². The number of H-pyrrole nitrogens is 1. The summed E-state index contributed by atoms with van der Waals surface area (Å²) in [5, 5.41) is 0.833. The van der Waals surface area contributed by atoms with Crippen LogP contribution in [0.3, 0.4) is 0 Å². The Balaban J connectivity index is 1.37. The molecule has 1 N–H and O–H groups in total. The van der Waals surface area contributed by atoms with Gasteiger partial charge in [0, 0.05) is 37.6 Å². The highest BCUT2D eigenvalue weighted by atomic mass is 32.2. The minimum atomic E-state index is -3.16. The average Bonchev–Trinajstić information content (AvgIpc) is 3.53. The molecule has 3 heterocycles. The number of nitrogens with zero attached hydrogens (tertiary/aromatic N) is 4. The molecule has 1 amide bonds. The highest BCUT2D eigenvalue weighted by Gasteiger charge is 2.42. The molecule has 5 rings (SSSR count). The Morgan fingerprint density at radius 1 is 1.12 bits per heavy atom. The van der Waals surface area contributed by atoms with Gasteiger partial charge in [-0.15, -0.1) is 0 Å². The summed E-state index contributed by atoms with van der Waals surface area (Å²) in [6.45, 7) is 5.36. The number of hydrogen-bond acceptors (Lipinski definition) is 5. The molecular weight excluding hydrogens is 426 g/mol. The molecule has 2 aromatic rings. The van der Waals surface area contributed by atoms with Crippen molar-refractivity contribution in [2.24, 2.45) is 5.92 Å². The smallest absolute Gasteiger partial charge is 0.259 e. The van der Waals surface area contributed by atoms with Crippen LogP contribution in [-0.4, -0.2) is 71.1 Å². The molecule has 2 aliphatic carbocycles. The largest absolute Gasteiger partial charge is 0.349 e. The highest BCUT2D eigenvalue weighted by Crippen LogP contribution is 2.41. The van der Waals surface area contributed by atoms with E-state index in [1.807, 2.05) is 11.8 Å². The number of amides is 1. The Hall–Kier alpha value is -2.31. The lowest BCUT2D eigenvalue weighted by Gasteiger charge is -2.45. The van der Waals surface area contributed by atoms with Crippen molar-refractivity contribution in [3.63, 3.8) is 0 Å². The summed E-state index contributed by atoms with van der Waals surface area (Å²) >= 11 is 0. The van der Waals surface area contributed by atoms with E-state index in [0.717, 1.165) is 49.6 Å². The van der Waals surface area contributed by atoms with Crippen molar-refractivity contribution in [1.29, 1.82) is 0 Å². The van der Waals surface area contributed by atoms with Crippen LogP contribution in [0.5, 0.6) is 0 Å². The second-order valence-electron chi connectivity index (χ2n) is 9.26. The molecule has 9 heteroatoms. The molecule has 2 fully saturated rings. The van der Waals surface area contributed by atoms with Gasteiger partial charge in [-0.25, -0.2) is 17.7 Å². The van der Waals surface area contributed by atoms with Crippen LogP contribution in [0.15, 0.2) is 6.20 Å². The number of anilines is 1. The Bertz CT molecular complexity index is 1100. The predicted octanol–water partition coefficient (Wildman–Crippen LogP) is 2.78. The normalized spacial score (nSPS) is 24.2. The number of rotatable bonds is 7. The highest BCUT2D eigenvalue weighted by molar-refractivity contribution is 7.89. The topological polar surface area (TPSA) is 89.6 Å². The molecule has 3 aliphatic rings. The van der Waals surface area contributed by atoms with Gasteiger partial charge in [-0.05, 0) is 57.4 Å². The van der Waals surface area contributed by atoms with Gasteiger partial charge in [0.2, 0.25) is 10.0 Å². The molecule has 1 aliphatic heterocycles. The van der Waals surface area contributed by atoms with Crippen LogP contribution in [0, 0.1) is 18.2 Å². The summed E-state index contributed by atoms with van der Waals surface area (Å²) in [5.41, 5.74) is 2.30. The molecule has 8 nitrogen and oxygen atoms in total. The fourth-order valence-electron chi connectivity index (χ4n) is 5.29. The molecular formula is C23H31N5O3S. The van der Waals surface area contributed by atoms with E-state index in [1.165, 1.54) is 0 Å². The maximum Gasteiger partial charge on any atom is 0.259 e. The number of fused-ring (bicyclic) bond motifs is 3. The summed E-state index contributed by atoms with van der Waals surface area (Å²) in [7, 11) is -3.16. The van der Waals surface area contributed by atoms with Gasteiger partial charge < -0.3 is 9.80 Å². The number of aromatic amines is 1. The second kappa shape index (κ2) is 8.23. The van der Waals surface area contributed by atoms with Gasteiger partial charge in [0.1, 0.15) is 0 Å². The van der Waals surface area contributed by atoms with Gasteiger partial charge >= 0.3 is 0 Å². The van der Waals surface area contributed by atoms with E-state index in [1.54, 1.807) is 17.4 Å². The van der Waals surface area contributed by atoms with Crippen LogP contribution in [0.2, 0.25) is 0 Å². The number of pyridine rings is 1. The van der Waals surface area contributed by atoms with E-state index >= 15 is 0 Å². The minimum Gasteiger partial charge on any atom is -0.349 e. The monoisotopic (exact) mass is 457 g/mol. The predicted molar refractivity (Wildman–Crippen MR) is 123 cm³/mol. The molecule has 172 valence electrons. The molecule has 32 heavy (non-hydrogen) atoms.